The van der Waals surface area contributed by atoms with E-state index >= 15 is 0 Å². The summed E-state index contributed by atoms with van der Waals surface area (Å²) in [6, 6.07) is 5.72. The highest BCUT2D eigenvalue weighted by Crippen LogP contribution is 2.32. The highest BCUT2D eigenvalue weighted by atomic mass is 127. The summed E-state index contributed by atoms with van der Waals surface area (Å²) in [7, 11) is 0. The third-order valence-corrected chi connectivity index (χ3v) is 4.65. The van der Waals surface area contributed by atoms with Crippen molar-refractivity contribution in [3.63, 3.8) is 0 Å². The predicted octanol–water partition coefficient (Wildman–Crippen LogP) is 4.37. The summed E-state index contributed by atoms with van der Waals surface area (Å²) < 4.78 is 15.1. The summed E-state index contributed by atoms with van der Waals surface area (Å²) in [6.07, 6.45) is 2.03. The van der Waals surface area contributed by atoms with Crippen molar-refractivity contribution < 1.29 is 4.39 Å². The van der Waals surface area contributed by atoms with Crippen LogP contribution < -0.4 is 0 Å². The lowest BCUT2D eigenvalue weighted by molar-refractivity contribution is 0.658. The van der Waals surface area contributed by atoms with Crippen molar-refractivity contribution in [3.8, 4) is 0 Å². The molecule has 0 atom stereocenters. The van der Waals surface area contributed by atoms with Gasteiger partial charge in [-0.05, 0) is 52.4 Å². The van der Waals surface area contributed by atoms with Crippen LogP contribution in [0.1, 0.15) is 0 Å². The van der Waals surface area contributed by atoms with Gasteiger partial charge in [0.15, 0.2) is 5.13 Å². The molecule has 68 valence electrons. The number of hydrogen-bond donors (Lipinski definition) is 0. The maximum Gasteiger partial charge on any atom is 0.177 e. The number of halogens is 2. The first-order valence-electron chi connectivity index (χ1n) is 3.63. The van der Waals surface area contributed by atoms with Crippen molar-refractivity contribution >= 4 is 55.8 Å². The molecule has 0 nitrogen and oxygen atoms in total. The van der Waals surface area contributed by atoms with E-state index in [2.05, 4.69) is 28.7 Å². The van der Waals surface area contributed by atoms with Gasteiger partial charge in [0.2, 0.25) is 0 Å². The molecule has 0 radical (unpaired) electrons. The molecular formula is C9H6FIS2. The average Bonchev–Trinajstić information content (AvgIpc) is 2.46. The average molecular weight is 324 g/mol. The van der Waals surface area contributed by atoms with Gasteiger partial charge in [-0.1, -0.05) is 0 Å². The zero-order valence-electron chi connectivity index (χ0n) is 6.80. The first kappa shape index (κ1) is 9.73. The molecule has 0 saturated carbocycles. The summed E-state index contributed by atoms with van der Waals surface area (Å²) >= 11 is 5.15. The summed E-state index contributed by atoms with van der Waals surface area (Å²) in [5.41, 5.74) is 0. The van der Waals surface area contributed by atoms with E-state index in [1.165, 1.54) is 16.2 Å². The van der Waals surface area contributed by atoms with Crippen LogP contribution in [0.3, 0.4) is 0 Å². The van der Waals surface area contributed by atoms with Crippen LogP contribution in [0.25, 0.3) is 10.1 Å². The van der Waals surface area contributed by atoms with E-state index in [1.807, 2.05) is 12.3 Å². The number of thioether (sulfide) groups is 1. The number of fused-ring (bicyclic) bond motifs is 1. The molecule has 0 bridgehead atoms. The minimum absolute atomic E-state index is 0.105. The van der Waals surface area contributed by atoms with Crippen LogP contribution >= 0.6 is 45.7 Å². The van der Waals surface area contributed by atoms with Crippen LogP contribution in [0.4, 0.5) is 4.39 Å². The molecule has 13 heavy (non-hydrogen) atoms. The molecule has 2 aromatic rings. The van der Waals surface area contributed by atoms with Gasteiger partial charge < -0.3 is 0 Å². The smallest absolute Gasteiger partial charge is 0.177 e. The van der Waals surface area contributed by atoms with Gasteiger partial charge in [-0.25, -0.2) is 0 Å². The number of rotatable bonds is 1. The Bertz CT molecular complexity index is 450. The lowest BCUT2D eigenvalue weighted by Crippen LogP contribution is -1.74. The Balaban J connectivity index is 2.75. The van der Waals surface area contributed by atoms with Gasteiger partial charge in [-0.3, -0.25) is 0 Å². The third kappa shape index (κ3) is 1.85. The minimum atomic E-state index is -0.105. The molecule has 0 unspecified atom stereocenters. The minimum Gasteiger partial charge on any atom is -0.195 e. The molecule has 0 N–H and O–H groups in total. The Kier molecular flexibility index (Phi) is 2.80. The summed E-state index contributed by atoms with van der Waals surface area (Å²) in [5.74, 6) is 0. The van der Waals surface area contributed by atoms with Gasteiger partial charge in [0.1, 0.15) is 0 Å². The maximum absolute atomic E-state index is 12.9. The largest absolute Gasteiger partial charge is 0.195 e. The molecular weight excluding hydrogens is 318 g/mol. The second-order valence-electron chi connectivity index (χ2n) is 2.58. The Morgan fingerprint density at radius 3 is 2.85 bits per heavy atom. The van der Waals surface area contributed by atoms with Crippen LogP contribution in [0.5, 0.6) is 0 Å². The van der Waals surface area contributed by atoms with Crippen LogP contribution in [0.2, 0.25) is 0 Å². The van der Waals surface area contributed by atoms with Crippen LogP contribution in [0, 0.1) is 8.70 Å². The SMILES string of the molecule is CSc1cc(I)c2sc(F)cc2c1. The van der Waals surface area contributed by atoms with E-state index in [4.69, 9.17) is 0 Å². The summed E-state index contributed by atoms with van der Waals surface area (Å²) in [5, 5.41) is 0.907. The van der Waals surface area contributed by atoms with Gasteiger partial charge >= 0.3 is 0 Å². The highest BCUT2D eigenvalue weighted by Gasteiger charge is 2.06. The molecule has 4 heteroatoms. The second kappa shape index (κ2) is 3.74. The fraction of sp³-hybridized carbons (Fsp3) is 0.111. The van der Waals surface area contributed by atoms with E-state index < -0.39 is 0 Å². The lowest BCUT2D eigenvalue weighted by Gasteiger charge is -1.98. The van der Waals surface area contributed by atoms with Gasteiger partial charge in [-0.15, -0.1) is 23.1 Å². The summed E-state index contributed by atoms with van der Waals surface area (Å²) in [4.78, 5) is 1.19. The van der Waals surface area contributed by atoms with E-state index in [1.54, 1.807) is 17.8 Å². The van der Waals surface area contributed by atoms with Crippen LogP contribution in [0.15, 0.2) is 23.1 Å². The Morgan fingerprint density at radius 1 is 1.38 bits per heavy atom. The van der Waals surface area contributed by atoms with Crippen molar-refractivity contribution in [1.29, 1.82) is 0 Å². The molecule has 0 spiro atoms. The highest BCUT2D eigenvalue weighted by molar-refractivity contribution is 14.1. The standard InChI is InChI=1S/C9H6FIS2/c1-12-6-2-5-3-8(10)13-9(5)7(11)4-6/h2-4H,1H3. The van der Waals surface area contributed by atoms with Gasteiger partial charge in [0, 0.05) is 8.47 Å². The lowest BCUT2D eigenvalue weighted by atomic mass is 10.3. The Morgan fingerprint density at radius 2 is 2.15 bits per heavy atom. The number of hydrogen-bond acceptors (Lipinski definition) is 2. The van der Waals surface area contributed by atoms with Crippen molar-refractivity contribution in [2.24, 2.45) is 0 Å². The van der Waals surface area contributed by atoms with Gasteiger partial charge in [0.05, 0.1) is 4.70 Å². The predicted molar refractivity (Wildman–Crippen MR) is 66.3 cm³/mol. The number of benzene rings is 1. The van der Waals surface area contributed by atoms with Crippen LogP contribution in [-0.4, -0.2) is 6.26 Å². The summed E-state index contributed by atoms with van der Waals surface area (Å²) in [6.45, 7) is 0. The molecule has 1 heterocycles. The topological polar surface area (TPSA) is 0 Å². The zero-order chi connectivity index (χ0) is 9.42. The van der Waals surface area contributed by atoms with E-state index in [-0.39, 0.29) is 5.13 Å². The quantitative estimate of drug-likeness (QED) is 0.555. The Hall–Kier alpha value is 0.190. The first-order valence-corrected chi connectivity index (χ1v) is 6.75. The molecule has 1 aromatic heterocycles. The molecule has 0 fully saturated rings. The first-order chi connectivity index (χ1) is 6.20. The van der Waals surface area contributed by atoms with Crippen molar-refractivity contribution in [2.45, 2.75) is 4.90 Å². The second-order valence-corrected chi connectivity index (χ2v) is 5.62. The molecule has 0 aliphatic heterocycles. The molecule has 1 aromatic carbocycles. The molecule has 0 amide bonds. The van der Waals surface area contributed by atoms with Gasteiger partial charge in [0.25, 0.3) is 0 Å². The Labute approximate surface area is 97.7 Å². The normalized spacial score (nSPS) is 11.0. The molecule has 0 aliphatic carbocycles. The van der Waals surface area contributed by atoms with E-state index in [9.17, 15) is 4.39 Å². The van der Waals surface area contributed by atoms with Crippen molar-refractivity contribution in [3.05, 3.63) is 26.9 Å². The van der Waals surface area contributed by atoms with Crippen molar-refractivity contribution in [2.75, 3.05) is 6.26 Å². The monoisotopic (exact) mass is 324 g/mol. The maximum atomic E-state index is 12.9. The zero-order valence-corrected chi connectivity index (χ0v) is 10.6. The van der Waals surface area contributed by atoms with Crippen molar-refractivity contribution in [1.82, 2.24) is 0 Å². The fourth-order valence-electron chi connectivity index (χ4n) is 1.17. The fourth-order valence-corrected chi connectivity index (χ4v) is 3.61. The number of thiophene rings is 1. The van der Waals surface area contributed by atoms with Crippen LogP contribution in [-0.2, 0) is 0 Å². The van der Waals surface area contributed by atoms with E-state index in [0.29, 0.717) is 0 Å². The molecule has 2 rings (SSSR count). The third-order valence-electron chi connectivity index (χ3n) is 1.75. The molecule has 0 aliphatic rings. The van der Waals surface area contributed by atoms with Gasteiger partial charge in [-0.2, -0.15) is 4.39 Å². The molecule has 0 saturated heterocycles. The van der Waals surface area contributed by atoms with E-state index in [0.717, 1.165) is 13.7 Å².